The number of halogens is 3. The van der Waals surface area contributed by atoms with Crippen molar-refractivity contribution in [2.75, 3.05) is 0 Å². The minimum absolute atomic E-state index is 0.159. The van der Waals surface area contributed by atoms with Crippen molar-refractivity contribution in [1.82, 2.24) is 0 Å². The van der Waals surface area contributed by atoms with Crippen molar-refractivity contribution in [1.29, 1.82) is 0 Å². The van der Waals surface area contributed by atoms with Gasteiger partial charge in [0.15, 0.2) is 0 Å². The van der Waals surface area contributed by atoms with Crippen LogP contribution in [0.2, 0.25) is 0 Å². The minimum Gasteiger partial charge on any atom is -0.160 e. The Morgan fingerprint density at radius 2 is 1.83 bits per heavy atom. The van der Waals surface area contributed by atoms with Gasteiger partial charge in [0, 0.05) is 10.5 Å². The topological polar surface area (TPSA) is 0 Å². The van der Waals surface area contributed by atoms with Gasteiger partial charge in [0.25, 0.3) is 0 Å². The van der Waals surface area contributed by atoms with Crippen molar-refractivity contribution in [2.24, 2.45) is 5.92 Å². The van der Waals surface area contributed by atoms with E-state index in [0.717, 1.165) is 12.8 Å². The zero-order valence-electron chi connectivity index (χ0n) is 11.3. The van der Waals surface area contributed by atoms with E-state index in [4.69, 9.17) is 0 Å². The van der Waals surface area contributed by atoms with Gasteiger partial charge in [-0.1, -0.05) is 33.6 Å². The first kappa shape index (κ1) is 16.5. The van der Waals surface area contributed by atoms with E-state index in [0.29, 0.717) is 22.8 Å². The van der Waals surface area contributed by atoms with Gasteiger partial charge in [0.05, 0.1) is 0 Å². The van der Waals surface area contributed by atoms with Crippen molar-refractivity contribution >= 4 is 23.5 Å². The smallest absolute Gasteiger partial charge is 0.160 e. The van der Waals surface area contributed by atoms with Crippen molar-refractivity contribution in [3.63, 3.8) is 0 Å². The summed E-state index contributed by atoms with van der Waals surface area (Å²) in [6.07, 6.45) is 5.33. The molecule has 0 N–H and O–H groups in total. The van der Waals surface area contributed by atoms with Crippen molar-refractivity contribution in [3.8, 4) is 0 Å². The molecule has 1 saturated carbocycles. The second kappa shape index (κ2) is 7.32. The van der Waals surface area contributed by atoms with Crippen LogP contribution in [0.1, 0.15) is 52.9 Å². The van der Waals surface area contributed by atoms with E-state index in [2.05, 4.69) is 13.8 Å². The quantitative estimate of drug-likeness (QED) is 0.637. The van der Waals surface area contributed by atoms with Gasteiger partial charge in [-0.15, -0.1) is 0 Å². The van der Waals surface area contributed by atoms with Crippen LogP contribution in [0.25, 0.3) is 0 Å². The highest BCUT2D eigenvalue weighted by atomic mass is 32.2. The lowest BCUT2D eigenvalue weighted by molar-refractivity contribution is -0.0334. The molecule has 1 aliphatic carbocycles. The largest absolute Gasteiger partial charge is 0.442 e. The van der Waals surface area contributed by atoms with Crippen LogP contribution in [-0.4, -0.2) is 21.3 Å². The molecule has 1 rings (SSSR count). The third kappa shape index (κ3) is 7.17. The van der Waals surface area contributed by atoms with E-state index in [1.165, 1.54) is 12.8 Å². The molecule has 18 heavy (non-hydrogen) atoms. The molecule has 1 fully saturated rings. The second-order valence-electron chi connectivity index (χ2n) is 5.45. The van der Waals surface area contributed by atoms with Gasteiger partial charge >= 0.3 is 5.51 Å². The molecular formula is C13H23F3S2. The molecule has 3 atom stereocenters. The summed E-state index contributed by atoms with van der Waals surface area (Å²) in [4.78, 5) is 0. The molecule has 0 heterocycles. The van der Waals surface area contributed by atoms with Crippen molar-refractivity contribution in [3.05, 3.63) is 0 Å². The molecular weight excluding hydrogens is 277 g/mol. The first-order valence-electron chi connectivity index (χ1n) is 6.66. The summed E-state index contributed by atoms with van der Waals surface area (Å²) in [6.45, 7) is 6.09. The Morgan fingerprint density at radius 1 is 1.17 bits per heavy atom. The number of hydrogen-bond acceptors (Lipinski definition) is 2. The summed E-state index contributed by atoms with van der Waals surface area (Å²) < 4.78 is 36.8. The molecule has 1 aliphatic rings. The molecule has 0 aromatic rings. The van der Waals surface area contributed by atoms with Crippen LogP contribution in [0.3, 0.4) is 0 Å². The van der Waals surface area contributed by atoms with Gasteiger partial charge in [0.2, 0.25) is 0 Å². The Labute approximate surface area is 117 Å². The maximum absolute atomic E-state index is 12.3. The van der Waals surface area contributed by atoms with Crippen LogP contribution in [-0.2, 0) is 0 Å². The predicted octanol–water partition coefficient (Wildman–Crippen LogP) is 5.72. The second-order valence-corrected chi connectivity index (χ2v) is 8.83. The highest BCUT2D eigenvalue weighted by molar-refractivity contribution is 8.00. The van der Waals surface area contributed by atoms with Crippen LogP contribution in [0, 0.1) is 5.92 Å². The van der Waals surface area contributed by atoms with Gasteiger partial charge in [-0.2, -0.15) is 24.9 Å². The molecule has 0 aromatic heterocycles. The standard InChI is InChI=1S/C13H23F3S2/c1-9(2)17-12-6-4-5-11(8-12)7-10(3)18-13(14,15)16/h9-12H,4-8H2,1-3H3. The van der Waals surface area contributed by atoms with E-state index in [1.54, 1.807) is 6.92 Å². The van der Waals surface area contributed by atoms with E-state index < -0.39 is 5.51 Å². The molecule has 5 heteroatoms. The van der Waals surface area contributed by atoms with Crippen LogP contribution < -0.4 is 0 Å². The Kier molecular flexibility index (Phi) is 6.73. The van der Waals surface area contributed by atoms with Crippen LogP contribution >= 0.6 is 23.5 Å². The summed E-state index contributed by atoms with van der Waals surface area (Å²) in [7, 11) is 0. The summed E-state index contributed by atoms with van der Waals surface area (Å²) in [6, 6.07) is 0. The van der Waals surface area contributed by atoms with E-state index in [-0.39, 0.29) is 17.0 Å². The fourth-order valence-corrected chi connectivity index (χ4v) is 4.99. The summed E-state index contributed by atoms with van der Waals surface area (Å²) in [5.41, 5.74) is -4.08. The third-order valence-corrected chi connectivity index (χ3v) is 5.42. The molecule has 0 spiro atoms. The summed E-state index contributed by atoms with van der Waals surface area (Å²) in [5, 5.41) is 0.973. The highest BCUT2D eigenvalue weighted by Crippen LogP contribution is 2.40. The van der Waals surface area contributed by atoms with Gasteiger partial charge in [-0.25, -0.2) is 0 Å². The van der Waals surface area contributed by atoms with Crippen LogP contribution in [0.15, 0.2) is 0 Å². The molecule has 0 aliphatic heterocycles. The monoisotopic (exact) mass is 300 g/mol. The Bertz CT molecular complexity index is 241. The summed E-state index contributed by atoms with van der Waals surface area (Å²) >= 11 is 2.15. The maximum atomic E-state index is 12.3. The predicted molar refractivity (Wildman–Crippen MR) is 76.2 cm³/mol. The van der Waals surface area contributed by atoms with Gasteiger partial charge in [0.1, 0.15) is 0 Å². The van der Waals surface area contributed by atoms with E-state index in [1.807, 2.05) is 11.8 Å². The van der Waals surface area contributed by atoms with Crippen LogP contribution in [0.4, 0.5) is 13.2 Å². The molecule has 108 valence electrons. The molecule has 0 nitrogen and oxygen atoms in total. The van der Waals surface area contributed by atoms with Crippen molar-refractivity contribution in [2.45, 2.75) is 74.1 Å². The zero-order valence-corrected chi connectivity index (χ0v) is 12.9. The maximum Gasteiger partial charge on any atom is 0.442 e. The van der Waals surface area contributed by atoms with E-state index >= 15 is 0 Å². The average Bonchev–Trinajstić information content (AvgIpc) is 2.13. The fourth-order valence-electron chi connectivity index (χ4n) is 2.71. The fraction of sp³-hybridized carbons (Fsp3) is 1.00. The van der Waals surface area contributed by atoms with Gasteiger partial charge < -0.3 is 0 Å². The highest BCUT2D eigenvalue weighted by Gasteiger charge is 2.33. The van der Waals surface area contributed by atoms with Crippen LogP contribution in [0.5, 0.6) is 0 Å². The number of rotatable bonds is 5. The lowest BCUT2D eigenvalue weighted by atomic mass is 9.86. The normalized spacial score (nSPS) is 27.5. The minimum atomic E-state index is -4.08. The number of hydrogen-bond donors (Lipinski definition) is 0. The Morgan fingerprint density at radius 3 is 2.39 bits per heavy atom. The first-order valence-corrected chi connectivity index (χ1v) is 8.48. The average molecular weight is 300 g/mol. The molecule has 0 saturated heterocycles. The van der Waals surface area contributed by atoms with Gasteiger partial charge in [-0.3, -0.25) is 0 Å². The SMILES string of the molecule is CC(C)SC1CCCC(CC(C)SC(F)(F)F)C1. The van der Waals surface area contributed by atoms with E-state index in [9.17, 15) is 13.2 Å². The molecule has 0 bridgehead atoms. The molecule has 0 amide bonds. The van der Waals surface area contributed by atoms with Crippen molar-refractivity contribution < 1.29 is 13.2 Å². The lowest BCUT2D eigenvalue weighted by Crippen LogP contribution is -2.22. The third-order valence-electron chi connectivity index (χ3n) is 3.20. The molecule has 0 aromatic carbocycles. The Hall–Kier alpha value is 0.490. The number of alkyl halides is 3. The Balaban J connectivity index is 2.33. The first-order chi connectivity index (χ1) is 8.26. The molecule has 0 radical (unpaired) electrons. The molecule has 3 unspecified atom stereocenters. The lowest BCUT2D eigenvalue weighted by Gasteiger charge is -2.31. The number of thioether (sulfide) groups is 2. The van der Waals surface area contributed by atoms with Gasteiger partial charge in [-0.05, 0) is 42.2 Å². The summed E-state index contributed by atoms with van der Waals surface area (Å²) in [5.74, 6) is 0.486. The zero-order chi connectivity index (χ0) is 13.8.